The number of hydrogen-bond donors (Lipinski definition) is 1. The number of para-hydroxylation sites is 1. The molecular weight excluding hydrogens is 321 g/mol. The normalized spacial score (nSPS) is 10.8. The van der Waals surface area contributed by atoms with Gasteiger partial charge in [-0.15, -0.1) is 0 Å². The van der Waals surface area contributed by atoms with Gasteiger partial charge in [-0.05, 0) is 36.4 Å². The maximum Gasteiger partial charge on any atom is 0.267 e. The minimum atomic E-state index is -0.491. The van der Waals surface area contributed by atoms with Gasteiger partial charge in [0.2, 0.25) is 5.95 Å². The van der Waals surface area contributed by atoms with Crippen molar-refractivity contribution in [2.45, 2.75) is 0 Å². The van der Waals surface area contributed by atoms with Crippen LogP contribution in [0.2, 0.25) is 0 Å². The molecule has 0 aliphatic rings. The first-order chi connectivity index (χ1) is 12.2. The van der Waals surface area contributed by atoms with Gasteiger partial charge in [-0.25, -0.2) is 13.9 Å². The van der Waals surface area contributed by atoms with Crippen molar-refractivity contribution in [3.8, 4) is 5.69 Å². The molecule has 0 radical (unpaired) electrons. The number of nitrogens with zero attached hydrogens (tertiary/aromatic N) is 4. The first kappa shape index (κ1) is 14.9. The minimum Gasteiger partial charge on any atom is -0.325 e. The fourth-order valence-corrected chi connectivity index (χ4v) is 2.55. The van der Waals surface area contributed by atoms with Gasteiger partial charge in [0.1, 0.15) is 5.82 Å². The van der Waals surface area contributed by atoms with Crippen molar-refractivity contribution in [3.05, 3.63) is 83.2 Å². The predicted octanol–water partition coefficient (Wildman–Crippen LogP) is 3.06. The lowest BCUT2D eigenvalue weighted by atomic mass is 10.2. The van der Waals surface area contributed by atoms with Crippen LogP contribution in [0.1, 0.15) is 0 Å². The van der Waals surface area contributed by atoms with Crippen LogP contribution in [-0.2, 0) is 0 Å². The molecule has 0 spiro atoms. The number of hydrogen-bond acceptors (Lipinski definition) is 5. The Bertz CT molecular complexity index is 1100. The maximum absolute atomic E-state index is 13.6. The molecule has 2 aromatic carbocycles. The topological polar surface area (TPSA) is 72.7 Å². The van der Waals surface area contributed by atoms with E-state index in [1.165, 1.54) is 35.2 Å². The van der Waals surface area contributed by atoms with Gasteiger partial charge in [0.05, 0.1) is 29.0 Å². The summed E-state index contributed by atoms with van der Waals surface area (Å²) in [5.74, 6) is -0.183. The smallest absolute Gasteiger partial charge is 0.267 e. The zero-order chi connectivity index (χ0) is 17.2. The number of aromatic nitrogens is 4. The molecule has 122 valence electrons. The summed E-state index contributed by atoms with van der Waals surface area (Å²) < 4.78 is 14.9. The van der Waals surface area contributed by atoms with Crippen LogP contribution in [-0.4, -0.2) is 19.7 Å². The van der Waals surface area contributed by atoms with Gasteiger partial charge in [0.25, 0.3) is 5.56 Å². The van der Waals surface area contributed by atoms with E-state index in [2.05, 4.69) is 20.5 Å². The molecule has 25 heavy (non-hydrogen) atoms. The average Bonchev–Trinajstić information content (AvgIpc) is 2.64. The molecule has 0 bridgehead atoms. The van der Waals surface area contributed by atoms with E-state index in [4.69, 9.17) is 0 Å². The molecule has 0 atom stereocenters. The zero-order valence-corrected chi connectivity index (χ0v) is 12.9. The number of anilines is 2. The van der Waals surface area contributed by atoms with Gasteiger partial charge in [-0.2, -0.15) is 10.2 Å². The molecule has 6 nitrogen and oxygen atoms in total. The molecule has 2 aromatic heterocycles. The summed E-state index contributed by atoms with van der Waals surface area (Å²) in [5, 5.41) is 10.9. The number of benzene rings is 2. The van der Waals surface area contributed by atoms with E-state index in [1.54, 1.807) is 6.07 Å². The summed E-state index contributed by atoms with van der Waals surface area (Å²) in [6.07, 6.45) is 2.92. The number of nitrogens with one attached hydrogen (secondary N) is 1. The molecule has 4 aromatic rings. The van der Waals surface area contributed by atoms with Crippen LogP contribution in [0.15, 0.2) is 71.8 Å². The standard InChI is InChI=1S/C18H12FN5O/c19-12-6-7-16-15(10-12)17(25)24(14-8-9-20-21-11-14)18(23-16)22-13-4-2-1-3-5-13/h1-11H,(H,22,23). The summed E-state index contributed by atoms with van der Waals surface area (Å²) in [6, 6.07) is 14.9. The van der Waals surface area contributed by atoms with Crippen molar-refractivity contribution in [2.24, 2.45) is 0 Å². The summed E-state index contributed by atoms with van der Waals surface area (Å²) in [7, 11) is 0. The Kier molecular flexibility index (Phi) is 3.66. The molecule has 0 fully saturated rings. The quantitative estimate of drug-likeness (QED) is 0.624. The molecular formula is C18H12FN5O. The lowest BCUT2D eigenvalue weighted by molar-refractivity contribution is 0.629. The zero-order valence-electron chi connectivity index (χ0n) is 12.9. The van der Waals surface area contributed by atoms with Gasteiger partial charge >= 0.3 is 0 Å². The monoisotopic (exact) mass is 333 g/mol. The molecule has 0 aliphatic heterocycles. The van der Waals surface area contributed by atoms with Crippen LogP contribution < -0.4 is 10.9 Å². The summed E-state index contributed by atoms with van der Waals surface area (Å²) in [4.78, 5) is 17.4. The Labute approximate surface area is 141 Å². The highest BCUT2D eigenvalue weighted by atomic mass is 19.1. The van der Waals surface area contributed by atoms with E-state index in [9.17, 15) is 9.18 Å². The fourth-order valence-electron chi connectivity index (χ4n) is 2.55. The van der Waals surface area contributed by atoms with Crippen molar-refractivity contribution < 1.29 is 4.39 Å². The van der Waals surface area contributed by atoms with Gasteiger partial charge in [0, 0.05) is 5.69 Å². The minimum absolute atomic E-state index is 0.190. The first-order valence-electron chi connectivity index (χ1n) is 7.54. The molecule has 0 saturated carbocycles. The predicted molar refractivity (Wildman–Crippen MR) is 92.6 cm³/mol. The van der Waals surface area contributed by atoms with Crippen LogP contribution in [0.3, 0.4) is 0 Å². The Hall–Kier alpha value is -3.61. The second kappa shape index (κ2) is 6.12. The third kappa shape index (κ3) is 2.83. The first-order valence-corrected chi connectivity index (χ1v) is 7.54. The van der Waals surface area contributed by atoms with E-state index in [0.29, 0.717) is 17.2 Å². The highest BCUT2D eigenvalue weighted by molar-refractivity contribution is 5.80. The Morgan fingerprint density at radius 3 is 2.60 bits per heavy atom. The third-order valence-electron chi connectivity index (χ3n) is 3.69. The van der Waals surface area contributed by atoms with Gasteiger partial charge < -0.3 is 5.32 Å². The molecule has 0 saturated heterocycles. The van der Waals surface area contributed by atoms with E-state index < -0.39 is 11.4 Å². The molecule has 0 amide bonds. The number of rotatable bonds is 3. The van der Waals surface area contributed by atoms with Crippen molar-refractivity contribution in [1.82, 2.24) is 19.7 Å². The SMILES string of the molecule is O=c1c2cc(F)ccc2nc(Nc2ccccc2)n1-c1ccnnc1. The largest absolute Gasteiger partial charge is 0.325 e. The molecule has 1 N–H and O–H groups in total. The molecule has 2 heterocycles. The second-order valence-corrected chi connectivity index (χ2v) is 5.33. The van der Waals surface area contributed by atoms with Gasteiger partial charge in [0.15, 0.2) is 0 Å². The van der Waals surface area contributed by atoms with Crippen molar-refractivity contribution in [1.29, 1.82) is 0 Å². The van der Waals surface area contributed by atoms with Gasteiger partial charge in [-0.3, -0.25) is 4.79 Å². The molecule has 0 aliphatic carbocycles. The lowest BCUT2D eigenvalue weighted by Gasteiger charge is -2.14. The van der Waals surface area contributed by atoms with Crippen LogP contribution in [0.4, 0.5) is 16.0 Å². The highest BCUT2D eigenvalue weighted by Gasteiger charge is 2.14. The van der Waals surface area contributed by atoms with Crippen molar-refractivity contribution >= 4 is 22.5 Å². The summed E-state index contributed by atoms with van der Waals surface area (Å²) in [6.45, 7) is 0. The van der Waals surface area contributed by atoms with Crippen molar-refractivity contribution in [2.75, 3.05) is 5.32 Å². The summed E-state index contributed by atoms with van der Waals surface area (Å²) in [5.41, 5.74) is 1.27. The van der Waals surface area contributed by atoms with Crippen molar-refractivity contribution in [3.63, 3.8) is 0 Å². The Balaban J connectivity index is 1.99. The van der Waals surface area contributed by atoms with Crippen LogP contribution in [0, 0.1) is 5.82 Å². The van der Waals surface area contributed by atoms with Crippen LogP contribution >= 0.6 is 0 Å². The van der Waals surface area contributed by atoms with Gasteiger partial charge in [-0.1, -0.05) is 18.2 Å². The molecule has 7 heteroatoms. The second-order valence-electron chi connectivity index (χ2n) is 5.33. The Morgan fingerprint density at radius 2 is 1.84 bits per heavy atom. The third-order valence-corrected chi connectivity index (χ3v) is 3.69. The van der Waals surface area contributed by atoms with E-state index >= 15 is 0 Å². The average molecular weight is 333 g/mol. The van der Waals surface area contributed by atoms with E-state index in [-0.39, 0.29) is 5.39 Å². The van der Waals surface area contributed by atoms with E-state index in [1.807, 2.05) is 30.3 Å². The van der Waals surface area contributed by atoms with E-state index in [0.717, 1.165) is 5.69 Å². The highest BCUT2D eigenvalue weighted by Crippen LogP contribution is 2.20. The number of fused-ring (bicyclic) bond motifs is 1. The Morgan fingerprint density at radius 1 is 1.00 bits per heavy atom. The number of halogens is 1. The molecule has 0 unspecified atom stereocenters. The summed E-state index contributed by atoms with van der Waals surface area (Å²) >= 11 is 0. The fraction of sp³-hybridized carbons (Fsp3) is 0. The lowest BCUT2D eigenvalue weighted by Crippen LogP contribution is -2.23. The molecule has 4 rings (SSSR count). The van der Waals surface area contributed by atoms with Crippen LogP contribution in [0.25, 0.3) is 16.6 Å². The van der Waals surface area contributed by atoms with Crippen LogP contribution in [0.5, 0.6) is 0 Å². The maximum atomic E-state index is 13.6.